The summed E-state index contributed by atoms with van der Waals surface area (Å²) in [7, 11) is 0. The van der Waals surface area contributed by atoms with Crippen molar-refractivity contribution in [3.05, 3.63) is 45.8 Å². The first-order valence-corrected chi connectivity index (χ1v) is 5.74. The van der Waals surface area contributed by atoms with Gasteiger partial charge < -0.3 is 4.74 Å². The van der Waals surface area contributed by atoms with Crippen LogP contribution in [0.5, 0.6) is 11.6 Å². The highest BCUT2D eigenvalue weighted by atomic mass is 35.5. The molecule has 0 fully saturated rings. The molecule has 0 saturated heterocycles. The molecule has 0 unspecified atom stereocenters. The normalized spacial score (nSPS) is 10.4. The third-order valence-corrected chi connectivity index (χ3v) is 3.13. The molecule has 0 amide bonds. The van der Waals surface area contributed by atoms with Crippen molar-refractivity contribution in [2.75, 3.05) is 0 Å². The predicted octanol–water partition coefficient (Wildman–Crippen LogP) is 4.19. The zero-order valence-corrected chi connectivity index (χ0v) is 10.9. The fraction of sp³-hybridized carbons (Fsp3) is 0.167. The minimum atomic E-state index is 0.390. The summed E-state index contributed by atoms with van der Waals surface area (Å²) in [6.07, 6.45) is 1.37. The fourth-order valence-corrected chi connectivity index (χ4v) is 1.55. The SMILES string of the molecule is Cc1cc(Oc2ncnc(Cl)c2C)ccc1Cl. The number of ether oxygens (including phenoxy) is 1. The lowest BCUT2D eigenvalue weighted by Gasteiger charge is -2.08. The van der Waals surface area contributed by atoms with E-state index in [9.17, 15) is 0 Å². The molecule has 0 aliphatic rings. The van der Waals surface area contributed by atoms with E-state index in [1.54, 1.807) is 19.1 Å². The van der Waals surface area contributed by atoms with Crippen LogP contribution in [0.15, 0.2) is 24.5 Å². The van der Waals surface area contributed by atoms with Crippen LogP contribution < -0.4 is 4.74 Å². The number of hydrogen-bond acceptors (Lipinski definition) is 3. The van der Waals surface area contributed by atoms with Crippen LogP contribution in [0.4, 0.5) is 0 Å². The van der Waals surface area contributed by atoms with Gasteiger partial charge in [0.1, 0.15) is 17.2 Å². The van der Waals surface area contributed by atoms with Gasteiger partial charge in [-0.15, -0.1) is 0 Å². The zero-order valence-electron chi connectivity index (χ0n) is 9.37. The van der Waals surface area contributed by atoms with E-state index in [4.69, 9.17) is 27.9 Å². The molecule has 0 aliphatic carbocycles. The average molecular weight is 269 g/mol. The molecule has 2 rings (SSSR count). The second kappa shape index (κ2) is 4.90. The van der Waals surface area contributed by atoms with Gasteiger partial charge in [0.15, 0.2) is 0 Å². The molecule has 1 heterocycles. The minimum Gasteiger partial charge on any atom is -0.439 e. The second-order valence-electron chi connectivity index (χ2n) is 3.61. The van der Waals surface area contributed by atoms with Crippen LogP contribution in [0.25, 0.3) is 0 Å². The molecule has 5 heteroatoms. The zero-order chi connectivity index (χ0) is 12.4. The maximum atomic E-state index is 5.94. The molecule has 0 saturated carbocycles. The molecule has 0 bridgehead atoms. The molecular weight excluding hydrogens is 259 g/mol. The lowest BCUT2D eigenvalue weighted by Crippen LogP contribution is -1.94. The molecule has 0 radical (unpaired) electrons. The van der Waals surface area contributed by atoms with Crippen molar-refractivity contribution in [3.63, 3.8) is 0 Å². The van der Waals surface area contributed by atoms with Gasteiger partial charge in [0.2, 0.25) is 5.88 Å². The molecular formula is C12H10Cl2N2O. The van der Waals surface area contributed by atoms with E-state index < -0.39 is 0 Å². The smallest absolute Gasteiger partial charge is 0.226 e. The number of nitrogens with zero attached hydrogens (tertiary/aromatic N) is 2. The monoisotopic (exact) mass is 268 g/mol. The number of hydrogen-bond donors (Lipinski definition) is 0. The molecule has 2 aromatic rings. The van der Waals surface area contributed by atoms with Crippen molar-refractivity contribution in [2.45, 2.75) is 13.8 Å². The van der Waals surface area contributed by atoms with Crippen LogP contribution in [0, 0.1) is 13.8 Å². The topological polar surface area (TPSA) is 35.0 Å². The standard InChI is InChI=1S/C12H10Cl2N2O/c1-7-5-9(3-4-10(7)13)17-12-8(2)11(14)15-6-16-12/h3-6H,1-2H3. The van der Waals surface area contributed by atoms with E-state index >= 15 is 0 Å². The first-order chi connectivity index (χ1) is 8.08. The van der Waals surface area contributed by atoms with Crippen molar-refractivity contribution in [2.24, 2.45) is 0 Å². The van der Waals surface area contributed by atoms with Crippen LogP contribution >= 0.6 is 23.2 Å². The third-order valence-electron chi connectivity index (χ3n) is 2.32. The van der Waals surface area contributed by atoms with E-state index in [1.165, 1.54) is 6.33 Å². The highest BCUT2D eigenvalue weighted by Crippen LogP contribution is 2.28. The summed E-state index contributed by atoms with van der Waals surface area (Å²) in [6.45, 7) is 3.72. The Labute approximate surface area is 109 Å². The Balaban J connectivity index is 2.31. The van der Waals surface area contributed by atoms with Crippen molar-refractivity contribution >= 4 is 23.2 Å². The van der Waals surface area contributed by atoms with Crippen molar-refractivity contribution in [1.82, 2.24) is 9.97 Å². The highest BCUT2D eigenvalue weighted by molar-refractivity contribution is 6.31. The quantitative estimate of drug-likeness (QED) is 0.766. The van der Waals surface area contributed by atoms with Gasteiger partial charge in [0, 0.05) is 10.6 Å². The first-order valence-electron chi connectivity index (χ1n) is 4.99. The Bertz CT molecular complexity index is 558. The van der Waals surface area contributed by atoms with E-state index in [1.807, 2.05) is 13.0 Å². The lowest BCUT2D eigenvalue weighted by atomic mass is 10.2. The van der Waals surface area contributed by atoms with Gasteiger partial charge in [-0.3, -0.25) is 0 Å². The van der Waals surface area contributed by atoms with Gasteiger partial charge in [0.05, 0.1) is 0 Å². The maximum Gasteiger partial charge on any atom is 0.226 e. The van der Waals surface area contributed by atoms with E-state index in [2.05, 4.69) is 9.97 Å². The van der Waals surface area contributed by atoms with Crippen molar-refractivity contribution < 1.29 is 4.74 Å². The van der Waals surface area contributed by atoms with Crippen molar-refractivity contribution in [3.8, 4) is 11.6 Å². The number of halogens is 2. The largest absolute Gasteiger partial charge is 0.439 e. The Morgan fingerprint density at radius 3 is 2.59 bits per heavy atom. The molecule has 3 nitrogen and oxygen atoms in total. The second-order valence-corrected chi connectivity index (χ2v) is 4.37. The molecule has 0 atom stereocenters. The average Bonchev–Trinajstić information content (AvgIpc) is 2.30. The molecule has 1 aromatic heterocycles. The Morgan fingerprint density at radius 2 is 1.88 bits per heavy atom. The molecule has 88 valence electrons. The van der Waals surface area contributed by atoms with Crippen LogP contribution in [0.1, 0.15) is 11.1 Å². The first kappa shape index (κ1) is 12.1. The highest BCUT2D eigenvalue weighted by Gasteiger charge is 2.07. The molecule has 1 aromatic carbocycles. The summed E-state index contributed by atoms with van der Waals surface area (Å²) in [6, 6.07) is 5.41. The van der Waals surface area contributed by atoms with Gasteiger partial charge in [-0.1, -0.05) is 23.2 Å². The van der Waals surface area contributed by atoms with E-state index in [0.717, 1.165) is 5.56 Å². The summed E-state index contributed by atoms with van der Waals surface area (Å²) >= 11 is 11.8. The lowest BCUT2D eigenvalue weighted by molar-refractivity contribution is 0.457. The summed E-state index contributed by atoms with van der Waals surface area (Å²) in [5.74, 6) is 1.12. The maximum absolute atomic E-state index is 5.94. The van der Waals surface area contributed by atoms with Crippen LogP contribution in [-0.2, 0) is 0 Å². The summed E-state index contributed by atoms with van der Waals surface area (Å²) in [5, 5.41) is 1.09. The molecule has 17 heavy (non-hydrogen) atoms. The Morgan fingerprint density at radius 1 is 1.12 bits per heavy atom. The van der Waals surface area contributed by atoms with Gasteiger partial charge in [-0.2, -0.15) is 0 Å². The number of rotatable bonds is 2. The number of aryl methyl sites for hydroxylation is 1. The van der Waals surface area contributed by atoms with Crippen LogP contribution in [0.2, 0.25) is 10.2 Å². The Kier molecular flexibility index (Phi) is 3.50. The molecule has 0 N–H and O–H groups in total. The third kappa shape index (κ3) is 2.68. The molecule has 0 spiro atoms. The summed E-state index contributed by atoms with van der Waals surface area (Å²) in [4.78, 5) is 7.90. The van der Waals surface area contributed by atoms with E-state index in [0.29, 0.717) is 27.4 Å². The fourth-order valence-electron chi connectivity index (χ4n) is 1.31. The summed E-state index contributed by atoms with van der Waals surface area (Å²) < 4.78 is 5.63. The minimum absolute atomic E-state index is 0.390. The molecule has 0 aliphatic heterocycles. The number of aromatic nitrogens is 2. The van der Waals surface area contributed by atoms with Gasteiger partial charge in [0.25, 0.3) is 0 Å². The van der Waals surface area contributed by atoms with E-state index in [-0.39, 0.29) is 0 Å². The van der Waals surface area contributed by atoms with Crippen molar-refractivity contribution in [1.29, 1.82) is 0 Å². The summed E-state index contributed by atoms with van der Waals surface area (Å²) in [5.41, 5.74) is 1.66. The van der Waals surface area contributed by atoms with Gasteiger partial charge in [-0.05, 0) is 37.6 Å². The predicted molar refractivity (Wildman–Crippen MR) is 68.0 cm³/mol. The number of benzene rings is 1. The van der Waals surface area contributed by atoms with Gasteiger partial charge >= 0.3 is 0 Å². The Hall–Kier alpha value is -1.32. The van der Waals surface area contributed by atoms with Crippen LogP contribution in [0.3, 0.4) is 0 Å². The van der Waals surface area contributed by atoms with Crippen LogP contribution in [-0.4, -0.2) is 9.97 Å². The van der Waals surface area contributed by atoms with Gasteiger partial charge in [-0.25, -0.2) is 9.97 Å².